The Labute approximate surface area is 200 Å². The van der Waals surface area contributed by atoms with Crippen molar-refractivity contribution >= 4 is 29.3 Å². The van der Waals surface area contributed by atoms with Gasteiger partial charge in [0, 0.05) is 16.1 Å². The van der Waals surface area contributed by atoms with Crippen molar-refractivity contribution in [2.45, 2.75) is 39.4 Å². The van der Waals surface area contributed by atoms with Gasteiger partial charge in [0.1, 0.15) is 12.3 Å². The first kappa shape index (κ1) is 28.1. The molecule has 0 saturated carbocycles. The summed E-state index contributed by atoms with van der Waals surface area (Å²) in [5, 5.41) is 10.5. The summed E-state index contributed by atoms with van der Waals surface area (Å²) in [7, 11) is 5.40. The Morgan fingerprint density at radius 3 is 1.76 bits per heavy atom. The Balaban J connectivity index is 0.000000582. The van der Waals surface area contributed by atoms with Crippen LogP contribution in [0.5, 0.6) is 5.75 Å². The number of benzene rings is 2. The van der Waals surface area contributed by atoms with Crippen LogP contribution in [-0.4, -0.2) is 61.6 Å². The average Bonchev–Trinajstić information content (AvgIpc) is 2.66. The highest BCUT2D eigenvalue weighted by molar-refractivity contribution is 6.30. The molecule has 0 N–H and O–H groups in total. The third-order valence-electron chi connectivity index (χ3n) is 4.03. The number of aliphatic carboxylic acids is 1. The number of ether oxygens (including phenoxy) is 2. The number of esters is 1. The number of carboxylic acid groups (broad SMARTS) is 1. The third kappa shape index (κ3) is 10.5. The van der Waals surface area contributed by atoms with Gasteiger partial charge in [-0.1, -0.05) is 11.6 Å². The Hall–Kier alpha value is -2.90. The number of rotatable bonds is 8. The number of likely N-dealkylation sites (N-methyl/N-ethyl adjacent to an activating group) is 1. The van der Waals surface area contributed by atoms with Gasteiger partial charge in [0.15, 0.2) is 11.4 Å². The first-order chi connectivity index (χ1) is 15.1. The van der Waals surface area contributed by atoms with Gasteiger partial charge in [0.2, 0.25) is 0 Å². The molecule has 0 aromatic heterocycles. The molecule has 0 aliphatic rings. The zero-order valence-electron chi connectivity index (χ0n) is 20.2. The highest BCUT2D eigenvalue weighted by Gasteiger charge is 2.32. The lowest BCUT2D eigenvalue weighted by atomic mass is 10.0. The molecular formula is C25H32ClNO6. The molecule has 180 valence electrons. The number of hydrogen-bond donors (Lipinski definition) is 0. The molecule has 0 radical (unpaired) electrons. The Morgan fingerprint density at radius 2 is 1.39 bits per heavy atom. The molecule has 2 rings (SSSR count). The zero-order valence-corrected chi connectivity index (χ0v) is 20.9. The Kier molecular flexibility index (Phi) is 10.1. The van der Waals surface area contributed by atoms with E-state index in [0.29, 0.717) is 26.4 Å². The van der Waals surface area contributed by atoms with Crippen molar-refractivity contribution in [3.63, 3.8) is 0 Å². The van der Waals surface area contributed by atoms with Gasteiger partial charge in [-0.3, -0.25) is 4.79 Å². The number of nitrogens with zero attached hydrogens (tertiary/aromatic N) is 1. The lowest BCUT2D eigenvalue weighted by molar-refractivity contribution is -0.864. The van der Waals surface area contributed by atoms with Crippen LogP contribution in [-0.2, 0) is 14.3 Å². The van der Waals surface area contributed by atoms with Crippen LogP contribution >= 0.6 is 11.6 Å². The number of carbonyl (C=O) groups is 3. The lowest BCUT2D eigenvalue weighted by Gasteiger charge is -2.25. The van der Waals surface area contributed by atoms with Crippen molar-refractivity contribution in [2.75, 3.05) is 27.7 Å². The lowest BCUT2D eigenvalue weighted by Crippen LogP contribution is -2.45. The van der Waals surface area contributed by atoms with Crippen LogP contribution in [0, 0.1) is 0 Å². The molecule has 0 bridgehead atoms. The van der Waals surface area contributed by atoms with Gasteiger partial charge in [0.05, 0.1) is 33.2 Å². The van der Waals surface area contributed by atoms with E-state index in [0.717, 1.165) is 0 Å². The summed E-state index contributed by atoms with van der Waals surface area (Å²) in [5.41, 5.74) is -0.0393. The molecule has 33 heavy (non-hydrogen) atoms. The molecule has 8 heteroatoms. The summed E-state index contributed by atoms with van der Waals surface area (Å²) in [6, 6.07) is 13.4. The van der Waals surface area contributed by atoms with Gasteiger partial charge in [-0.25, -0.2) is 4.79 Å². The number of carbonyl (C=O) groups excluding carboxylic acids is 3. The summed E-state index contributed by atoms with van der Waals surface area (Å²) >= 11 is 5.84. The minimum Gasteiger partial charge on any atom is -0.544 e. The average molecular weight is 478 g/mol. The van der Waals surface area contributed by atoms with Crippen molar-refractivity contribution in [3.8, 4) is 5.75 Å². The van der Waals surface area contributed by atoms with Crippen LogP contribution in [0.25, 0.3) is 0 Å². The van der Waals surface area contributed by atoms with Crippen LogP contribution in [0.15, 0.2) is 48.5 Å². The molecule has 0 unspecified atom stereocenters. The topological polar surface area (TPSA) is 92.7 Å². The largest absolute Gasteiger partial charge is 0.544 e. The number of ketones is 1. The van der Waals surface area contributed by atoms with Gasteiger partial charge in [-0.15, -0.1) is 0 Å². The third-order valence-corrected chi connectivity index (χ3v) is 4.29. The van der Waals surface area contributed by atoms with E-state index >= 15 is 0 Å². The van der Waals surface area contributed by atoms with Crippen molar-refractivity contribution in [2.24, 2.45) is 0 Å². The molecule has 0 aliphatic heterocycles. The molecular weight excluding hydrogens is 446 g/mol. The van der Waals surface area contributed by atoms with Gasteiger partial charge in [0.25, 0.3) is 0 Å². The zero-order chi connectivity index (χ0) is 25.4. The molecule has 0 atom stereocenters. The first-order valence-corrected chi connectivity index (χ1v) is 10.8. The Bertz CT molecular complexity index is 944. The van der Waals surface area contributed by atoms with E-state index in [1.807, 2.05) is 0 Å². The van der Waals surface area contributed by atoms with Crippen molar-refractivity contribution in [3.05, 3.63) is 64.7 Å². The first-order valence-electron chi connectivity index (χ1n) is 10.4. The predicted octanol–water partition coefficient (Wildman–Crippen LogP) is 3.12. The van der Waals surface area contributed by atoms with Gasteiger partial charge in [-0.2, -0.15) is 0 Å². The SMILES string of the molecule is CC(C)OC(=O)C(C)(C)Oc1ccc(C(=O)c2ccc(Cl)cc2)cc1.C[N+](C)(C)CC(=O)[O-]. The minimum absolute atomic E-state index is 0.0694. The second-order valence-corrected chi connectivity index (χ2v) is 9.68. The van der Waals surface area contributed by atoms with E-state index in [9.17, 15) is 19.5 Å². The van der Waals surface area contributed by atoms with E-state index in [-0.39, 0.29) is 18.4 Å². The second kappa shape index (κ2) is 11.8. The standard InChI is InChI=1S/C20H21ClO4.C5H11NO2/c1-13(2)24-19(23)20(3,4)25-17-11-7-15(8-12-17)18(22)14-5-9-16(21)10-6-14;1-6(2,3)4-5(7)8/h5-13H,1-4H3;4H2,1-3H3. The fraction of sp³-hybridized carbons (Fsp3) is 0.400. The minimum atomic E-state index is -1.12. The molecule has 2 aromatic carbocycles. The van der Waals surface area contributed by atoms with Gasteiger partial charge in [-0.05, 0) is 76.2 Å². The van der Waals surface area contributed by atoms with Crippen LogP contribution < -0.4 is 9.84 Å². The van der Waals surface area contributed by atoms with E-state index in [4.69, 9.17) is 21.1 Å². The highest BCUT2D eigenvalue weighted by atomic mass is 35.5. The van der Waals surface area contributed by atoms with E-state index in [1.54, 1.807) is 97.4 Å². The molecule has 0 spiro atoms. The smallest absolute Gasteiger partial charge is 0.350 e. The summed E-state index contributed by atoms with van der Waals surface area (Å²) < 4.78 is 11.3. The molecule has 0 heterocycles. The van der Waals surface area contributed by atoms with Gasteiger partial charge >= 0.3 is 5.97 Å². The van der Waals surface area contributed by atoms with Crippen molar-refractivity contribution < 1.29 is 33.4 Å². The van der Waals surface area contributed by atoms with Gasteiger partial charge < -0.3 is 23.9 Å². The number of carboxylic acids is 1. The number of halogens is 1. The molecule has 2 aromatic rings. The Morgan fingerprint density at radius 1 is 0.939 bits per heavy atom. The van der Waals surface area contributed by atoms with E-state index in [1.165, 1.54) is 0 Å². The fourth-order valence-corrected chi connectivity index (χ4v) is 2.65. The van der Waals surface area contributed by atoms with E-state index < -0.39 is 17.5 Å². The molecule has 0 aliphatic carbocycles. The predicted molar refractivity (Wildman–Crippen MR) is 125 cm³/mol. The molecule has 0 amide bonds. The normalized spacial score (nSPS) is 11.3. The highest BCUT2D eigenvalue weighted by Crippen LogP contribution is 2.22. The number of quaternary nitrogens is 1. The van der Waals surface area contributed by atoms with Crippen LogP contribution in [0.2, 0.25) is 5.02 Å². The summed E-state index contributed by atoms with van der Waals surface area (Å²) in [6.45, 7) is 6.92. The monoisotopic (exact) mass is 477 g/mol. The number of hydrogen-bond acceptors (Lipinski definition) is 6. The van der Waals surface area contributed by atoms with Crippen LogP contribution in [0.4, 0.5) is 0 Å². The second-order valence-electron chi connectivity index (χ2n) is 9.25. The van der Waals surface area contributed by atoms with Crippen molar-refractivity contribution in [1.82, 2.24) is 0 Å². The van der Waals surface area contributed by atoms with Crippen LogP contribution in [0.1, 0.15) is 43.6 Å². The quantitative estimate of drug-likeness (QED) is 0.329. The summed E-state index contributed by atoms with van der Waals surface area (Å²) in [4.78, 5) is 34.4. The van der Waals surface area contributed by atoms with E-state index in [2.05, 4.69) is 0 Å². The summed E-state index contributed by atoms with van der Waals surface area (Å²) in [6.07, 6.45) is -0.213. The maximum Gasteiger partial charge on any atom is 0.350 e. The molecule has 0 fully saturated rings. The van der Waals surface area contributed by atoms with Crippen LogP contribution in [0.3, 0.4) is 0 Å². The molecule has 0 saturated heterocycles. The van der Waals surface area contributed by atoms with Crippen molar-refractivity contribution in [1.29, 1.82) is 0 Å². The molecule has 7 nitrogen and oxygen atoms in total. The maximum atomic E-state index is 12.4. The summed E-state index contributed by atoms with van der Waals surface area (Å²) in [5.74, 6) is -1.07. The fourth-order valence-electron chi connectivity index (χ4n) is 2.52. The maximum absolute atomic E-state index is 12.4.